The summed E-state index contributed by atoms with van der Waals surface area (Å²) in [5, 5.41) is 0. The summed E-state index contributed by atoms with van der Waals surface area (Å²) in [7, 11) is 0. The van der Waals surface area contributed by atoms with Crippen molar-refractivity contribution in [3.63, 3.8) is 0 Å². The molecular formula is C14H20N2O3. The van der Waals surface area contributed by atoms with Gasteiger partial charge >= 0.3 is 0 Å². The molecule has 19 heavy (non-hydrogen) atoms. The molecule has 0 amide bonds. The van der Waals surface area contributed by atoms with Crippen molar-refractivity contribution in [1.82, 2.24) is 4.90 Å². The van der Waals surface area contributed by atoms with E-state index in [-0.39, 0.29) is 0 Å². The summed E-state index contributed by atoms with van der Waals surface area (Å²) in [5.41, 5.74) is 5.88. The molecule has 0 aromatic heterocycles. The summed E-state index contributed by atoms with van der Waals surface area (Å²) in [6.45, 7) is 4.76. The number of fused-ring (bicyclic) bond motifs is 1. The Kier molecular flexibility index (Phi) is 3.75. The van der Waals surface area contributed by atoms with E-state index < -0.39 is 0 Å². The van der Waals surface area contributed by atoms with Crippen LogP contribution in [0.25, 0.3) is 0 Å². The molecule has 0 bridgehead atoms. The fraction of sp³-hybridized carbons (Fsp3) is 0.571. The van der Waals surface area contributed by atoms with Gasteiger partial charge in [0.2, 0.25) is 5.75 Å². The van der Waals surface area contributed by atoms with Crippen LogP contribution in [0.5, 0.6) is 17.2 Å². The standard InChI is InChI=1S/C14H20N2O3/c15-11-4-5-16(10-11)6-7-17-12-2-1-3-13-14(12)19-9-8-18-13/h1-3,11H,4-10,15H2. The molecule has 0 saturated carbocycles. The molecule has 1 fully saturated rings. The van der Waals surface area contributed by atoms with Crippen LogP contribution in [0.4, 0.5) is 0 Å². The van der Waals surface area contributed by atoms with E-state index in [0.717, 1.165) is 43.3 Å². The van der Waals surface area contributed by atoms with Crippen molar-refractivity contribution in [2.75, 3.05) is 39.5 Å². The topological polar surface area (TPSA) is 57.0 Å². The quantitative estimate of drug-likeness (QED) is 0.874. The van der Waals surface area contributed by atoms with Gasteiger partial charge in [-0.1, -0.05) is 6.07 Å². The minimum Gasteiger partial charge on any atom is -0.488 e. The summed E-state index contributed by atoms with van der Waals surface area (Å²) in [4.78, 5) is 2.33. The number of benzene rings is 1. The summed E-state index contributed by atoms with van der Waals surface area (Å²) < 4.78 is 17.0. The van der Waals surface area contributed by atoms with Gasteiger partial charge in [-0.2, -0.15) is 0 Å². The fourth-order valence-electron chi connectivity index (χ4n) is 2.51. The summed E-state index contributed by atoms with van der Waals surface area (Å²) in [5.74, 6) is 2.26. The van der Waals surface area contributed by atoms with Gasteiger partial charge in [0.15, 0.2) is 11.5 Å². The summed E-state index contributed by atoms with van der Waals surface area (Å²) >= 11 is 0. The zero-order valence-electron chi connectivity index (χ0n) is 11.0. The van der Waals surface area contributed by atoms with Gasteiger partial charge in [0.05, 0.1) is 0 Å². The monoisotopic (exact) mass is 264 g/mol. The number of hydrogen-bond acceptors (Lipinski definition) is 5. The first-order chi connectivity index (χ1) is 9.33. The molecule has 1 aromatic rings. The number of para-hydroxylation sites is 1. The maximum atomic E-state index is 5.88. The van der Waals surface area contributed by atoms with Crippen molar-refractivity contribution in [3.05, 3.63) is 18.2 Å². The lowest BCUT2D eigenvalue weighted by atomic mass is 10.3. The second kappa shape index (κ2) is 5.67. The van der Waals surface area contributed by atoms with E-state index in [1.807, 2.05) is 18.2 Å². The SMILES string of the molecule is NC1CCN(CCOc2cccc3c2OCCO3)C1. The van der Waals surface area contributed by atoms with Gasteiger partial charge in [-0.15, -0.1) is 0 Å². The molecule has 2 aliphatic rings. The average Bonchev–Trinajstić information content (AvgIpc) is 2.85. The number of nitrogens with two attached hydrogens (primary N) is 1. The highest BCUT2D eigenvalue weighted by molar-refractivity contribution is 5.51. The molecule has 1 atom stereocenters. The fourth-order valence-corrected chi connectivity index (χ4v) is 2.51. The predicted octanol–water partition coefficient (Wildman–Crippen LogP) is 0.870. The van der Waals surface area contributed by atoms with Gasteiger partial charge in [-0.05, 0) is 25.1 Å². The maximum absolute atomic E-state index is 5.88. The molecule has 1 aromatic carbocycles. The van der Waals surface area contributed by atoms with Crippen LogP contribution >= 0.6 is 0 Å². The van der Waals surface area contributed by atoms with Crippen LogP contribution in [-0.4, -0.2) is 50.4 Å². The molecular weight excluding hydrogens is 244 g/mol. The van der Waals surface area contributed by atoms with Crippen LogP contribution < -0.4 is 19.9 Å². The van der Waals surface area contributed by atoms with E-state index >= 15 is 0 Å². The molecule has 3 rings (SSSR count). The molecule has 0 aliphatic carbocycles. The van der Waals surface area contributed by atoms with Crippen LogP contribution in [0.3, 0.4) is 0 Å². The van der Waals surface area contributed by atoms with Gasteiger partial charge in [0.25, 0.3) is 0 Å². The highest BCUT2D eigenvalue weighted by Gasteiger charge is 2.20. The Morgan fingerprint density at radius 2 is 2.21 bits per heavy atom. The molecule has 2 N–H and O–H groups in total. The second-order valence-electron chi connectivity index (χ2n) is 4.98. The Morgan fingerprint density at radius 3 is 3.05 bits per heavy atom. The zero-order chi connectivity index (χ0) is 13.1. The van der Waals surface area contributed by atoms with Gasteiger partial charge in [0.1, 0.15) is 19.8 Å². The summed E-state index contributed by atoms with van der Waals surface area (Å²) in [6, 6.07) is 6.07. The van der Waals surface area contributed by atoms with Crippen molar-refractivity contribution >= 4 is 0 Å². The van der Waals surface area contributed by atoms with E-state index in [2.05, 4.69) is 4.90 Å². The average molecular weight is 264 g/mol. The number of nitrogens with zero attached hydrogens (tertiary/aromatic N) is 1. The van der Waals surface area contributed by atoms with Gasteiger partial charge in [-0.3, -0.25) is 4.90 Å². The first-order valence-corrected chi connectivity index (χ1v) is 6.82. The predicted molar refractivity (Wildman–Crippen MR) is 72.0 cm³/mol. The molecule has 5 heteroatoms. The van der Waals surface area contributed by atoms with Crippen LogP contribution in [0.2, 0.25) is 0 Å². The van der Waals surface area contributed by atoms with E-state index in [4.69, 9.17) is 19.9 Å². The van der Waals surface area contributed by atoms with Crippen molar-refractivity contribution in [2.24, 2.45) is 5.73 Å². The Balaban J connectivity index is 1.55. The van der Waals surface area contributed by atoms with E-state index in [0.29, 0.717) is 25.9 Å². The second-order valence-corrected chi connectivity index (χ2v) is 4.98. The summed E-state index contributed by atoms with van der Waals surface area (Å²) in [6.07, 6.45) is 1.08. The number of rotatable bonds is 4. The first-order valence-electron chi connectivity index (χ1n) is 6.82. The molecule has 0 spiro atoms. The van der Waals surface area contributed by atoms with Gasteiger partial charge in [0, 0.05) is 19.1 Å². The molecule has 5 nitrogen and oxygen atoms in total. The normalized spacial score (nSPS) is 22.5. The lowest BCUT2D eigenvalue weighted by Crippen LogP contribution is -2.30. The number of likely N-dealkylation sites (tertiary alicyclic amines) is 1. The Labute approximate surface area is 113 Å². The molecule has 104 valence electrons. The lowest BCUT2D eigenvalue weighted by Gasteiger charge is -2.21. The van der Waals surface area contributed by atoms with Crippen LogP contribution in [0.15, 0.2) is 18.2 Å². The third-order valence-electron chi connectivity index (χ3n) is 3.50. The van der Waals surface area contributed by atoms with E-state index in [1.165, 1.54) is 0 Å². The highest BCUT2D eigenvalue weighted by Crippen LogP contribution is 2.38. The molecule has 2 heterocycles. The first kappa shape index (κ1) is 12.6. The number of hydrogen-bond donors (Lipinski definition) is 1. The van der Waals surface area contributed by atoms with Gasteiger partial charge in [-0.25, -0.2) is 0 Å². The highest BCUT2D eigenvalue weighted by atomic mass is 16.6. The van der Waals surface area contributed by atoms with Crippen molar-refractivity contribution in [3.8, 4) is 17.2 Å². The molecule has 1 saturated heterocycles. The van der Waals surface area contributed by atoms with Gasteiger partial charge < -0.3 is 19.9 Å². The van der Waals surface area contributed by atoms with Crippen molar-refractivity contribution < 1.29 is 14.2 Å². The minimum absolute atomic E-state index is 0.321. The van der Waals surface area contributed by atoms with Crippen LogP contribution in [-0.2, 0) is 0 Å². The smallest absolute Gasteiger partial charge is 0.203 e. The molecule has 0 radical (unpaired) electrons. The Morgan fingerprint density at radius 1 is 1.32 bits per heavy atom. The molecule has 1 unspecified atom stereocenters. The zero-order valence-corrected chi connectivity index (χ0v) is 11.0. The minimum atomic E-state index is 0.321. The van der Waals surface area contributed by atoms with Crippen LogP contribution in [0, 0.1) is 0 Å². The third kappa shape index (κ3) is 2.93. The van der Waals surface area contributed by atoms with E-state index in [9.17, 15) is 0 Å². The van der Waals surface area contributed by atoms with Crippen molar-refractivity contribution in [1.29, 1.82) is 0 Å². The van der Waals surface area contributed by atoms with Crippen molar-refractivity contribution in [2.45, 2.75) is 12.5 Å². The Bertz CT molecular complexity index is 439. The van der Waals surface area contributed by atoms with Crippen LogP contribution in [0.1, 0.15) is 6.42 Å². The largest absolute Gasteiger partial charge is 0.488 e. The molecule has 2 aliphatic heterocycles. The number of ether oxygens (including phenoxy) is 3. The maximum Gasteiger partial charge on any atom is 0.203 e. The van der Waals surface area contributed by atoms with E-state index in [1.54, 1.807) is 0 Å². The third-order valence-corrected chi connectivity index (χ3v) is 3.50. The Hall–Kier alpha value is -1.46. The lowest BCUT2D eigenvalue weighted by molar-refractivity contribution is 0.158.